The Labute approximate surface area is 136 Å². The van der Waals surface area contributed by atoms with Crippen LogP contribution in [-0.4, -0.2) is 5.97 Å². The predicted molar refractivity (Wildman–Crippen MR) is 91.0 cm³/mol. The van der Waals surface area contributed by atoms with Crippen LogP contribution >= 0.6 is 0 Å². The Morgan fingerprint density at radius 1 is 0.870 bits per heavy atom. The SMILES string of the molecule is Cc1ccc(COC(=O)c2ccc(-c3cc[c]cc3)cc2)cc1. The Balaban J connectivity index is 1.65. The molecule has 0 aliphatic carbocycles. The molecule has 0 unspecified atom stereocenters. The second-order valence-electron chi connectivity index (χ2n) is 5.43. The average molecular weight is 301 g/mol. The normalized spacial score (nSPS) is 10.3. The molecule has 0 saturated heterocycles. The summed E-state index contributed by atoms with van der Waals surface area (Å²) in [5.74, 6) is -0.307. The third-order valence-electron chi connectivity index (χ3n) is 3.66. The highest BCUT2D eigenvalue weighted by Crippen LogP contribution is 2.19. The van der Waals surface area contributed by atoms with Gasteiger partial charge in [0.1, 0.15) is 6.61 Å². The molecule has 0 saturated carbocycles. The molecule has 3 aromatic carbocycles. The highest BCUT2D eigenvalue weighted by atomic mass is 16.5. The summed E-state index contributed by atoms with van der Waals surface area (Å²) >= 11 is 0. The van der Waals surface area contributed by atoms with Gasteiger partial charge in [-0.05, 0) is 41.8 Å². The van der Waals surface area contributed by atoms with E-state index in [-0.39, 0.29) is 12.6 Å². The number of hydrogen-bond donors (Lipinski definition) is 0. The zero-order valence-corrected chi connectivity index (χ0v) is 13.0. The molecule has 0 amide bonds. The standard InChI is InChI=1S/C21H17O2/c1-16-7-9-17(10-8-16)15-23-21(22)20-13-11-19(12-14-20)18-5-3-2-4-6-18/h3-14H,15H2,1H3. The van der Waals surface area contributed by atoms with Crippen LogP contribution < -0.4 is 0 Å². The minimum Gasteiger partial charge on any atom is -0.457 e. The van der Waals surface area contributed by atoms with Gasteiger partial charge in [0.2, 0.25) is 0 Å². The Morgan fingerprint density at radius 2 is 1.48 bits per heavy atom. The molecule has 0 N–H and O–H groups in total. The molecule has 1 radical (unpaired) electrons. The number of ether oxygens (including phenoxy) is 1. The second-order valence-corrected chi connectivity index (χ2v) is 5.43. The Kier molecular flexibility index (Phi) is 4.53. The summed E-state index contributed by atoms with van der Waals surface area (Å²) in [7, 11) is 0. The monoisotopic (exact) mass is 301 g/mol. The summed E-state index contributed by atoms with van der Waals surface area (Å²) in [4.78, 5) is 12.1. The quantitative estimate of drug-likeness (QED) is 0.646. The van der Waals surface area contributed by atoms with Gasteiger partial charge in [-0.1, -0.05) is 66.2 Å². The molecular weight excluding hydrogens is 284 g/mol. The summed E-state index contributed by atoms with van der Waals surface area (Å²) in [6.45, 7) is 2.32. The van der Waals surface area contributed by atoms with Crippen molar-refractivity contribution in [2.24, 2.45) is 0 Å². The van der Waals surface area contributed by atoms with Crippen molar-refractivity contribution in [1.29, 1.82) is 0 Å². The molecule has 0 heterocycles. The maximum atomic E-state index is 12.1. The van der Waals surface area contributed by atoms with Crippen LogP contribution in [0.5, 0.6) is 0 Å². The van der Waals surface area contributed by atoms with E-state index < -0.39 is 0 Å². The molecule has 23 heavy (non-hydrogen) atoms. The predicted octanol–water partition coefficient (Wildman–Crippen LogP) is 4.82. The van der Waals surface area contributed by atoms with Gasteiger partial charge in [0.05, 0.1) is 5.56 Å². The van der Waals surface area contributed by atoms with Gasteiger partial charge in [0.15, 0.2) is 0 Å². The lowest BCUT2D eigenvalue weighted by atomic mass is 10.0. The van der Waals surface area contributed by atoms with E-state index in [1.54, 1.807) is 12.1 Å². The number of carbonyl (C=O) groups is 1. The topological polar surface area (TPSA) is 26.3 Å². The van der Waals surface area contributed by atoms with E-state index >= 15 is 0 Å². The molecule has 3 rings (SSSR count). The van der Waals surface area contributed by atoms with Crippen molar-refractivity contribution in [3.8, 4) is 11.1 Å². The summed E-state index contributed by atoms with van der Waals surface area (Å²) in [5, 5.41) is 0. The van der Waals surface area contributed by atoms with Crippen LogP contribution in [0.15, 0.2) is 72.8 Å². The van der Waals surface area contributed by atoms with E-state index in [0.717, 1.165) is 16.7 Å². The fourth-order valence-corrected chi connectivity index (χ4v) is 2.29. The molecule has 0 spiro atoms. The van der Waals surface area contributed by atoms with Crippen LogP contribution in [0.2, 0.25) is 0 Å². The lowest BCUT2D eigenvalue weighted by Gasteiger charge is -2.06. The van der Waals surface area contributed by atoms with Crippen molar-refractivity contribution in [3.05, 3.63) is 95.6 Å². The third kappa shape index (κ3) is 3.86. The number of aryl methyl sites for hydroxylation is 1. The molecule has 0 aliphatic heterocycles. The van der Waals surface area contributed by atoms with Crippen LogP contribution in [0, 0.1) is 13.0 Å². The van der Waals surface area contributed by atoms with Gasteiger partial charge in [-0.25, -0.2) is 4.79 Å². The molecule has 2 heteroatoms. The molecule has 0 fully saturated rings. The Morgan fingerprint density at radius 3 is 2.13 bits per heavy atom. The van der Waals surface area contributed by atoms with Gasteiger partial charge in [0, 0.05) is 0 Å². The first-order chi connectivity index (χ1) is 11.2. The molecule has 3 aromatic rings. The molecule has 2 nitrogen and oxygen atoms in total. The van der Waals surface area contributed by atoms with Crippen LogP contribution in [0.25, 0.3) is 11.1 Å². The van der Waals surface area contributed by atoms with Gasteiger partial charge in [-0.2, -0.15) is 0 Å². The van der Waals surface area contributed by atoms with Crippen molar-refractivity contribution in [3.63, 3.8) is 0 Å². The Hall–Kier alpha value is -2.87. The number of benzene rings is 3. The van der Waals surface area contributed by atoms with Crippen molar-refractivity contribution >= 4 is 5.97 Å². The zero-order valence-electron chi connectivity index (χ0n) is 13.0. The second kappa shape index (κ2) is 6.93. The van der Waals surface area contributed by atoms with Crippen molar-refractivity contribution < 1.29 is 9.53 Å². The molecule has 0 aliphatic rings. The maximum Gasteiger partial charge on any atom is 0.338 e. The Bertz CT molecular complexity index is 772. The maximum absolute atomic E-state index is 12.1. The average Bonchev–Trinajstić information content (AvgIpc) is 2.62. The van der Waals surface area contributed by atoms with Gasteiger partial charge in [0.25, 0.3) is 0 Å². The number of hydrogen-bond acceptors (Lipinski definition) is 2. The minimum atomic E-state index is -0.307. The molecule has 0 bridgehead atoms. The van der Waals surface area contributed by atoms with Crippen LogP contribution in [-0.2, 0) is 11.3 Å². The first-order valence-electron chi connectivity index (χ1n) is 7.51. The lowest BCUT2D eigenvalue weighted by molar-refractivity contribution is 0.0473. The van der Waals surface area contributed by atoms with Crippen LogP contribution in [0.1, 0.15) is 21.5 Å². The van der Waals surface area contributed by atoms with Gasteiger partial charge < -0.3 is 4.74 Å². The number of rotatable bonds is 4. The summed E-state index contributed by atoms with van der Waals surface area (Å²) in [5.41, 5.74) is 4.90. The van der Waals surface area contributed by atoms with Gasteiger partial charge in [-0.15, -0.1) is 0 Å². The minimum absolute atomic E-state index is 0.287. The van der Waals surface area contributed by atoms with E-state index in [9.17, 15) is 4.79 Å². The molecule has 113 valence electrons. The van der Waals surface area contributed by atoms with E-state index in [0.29, 0.717) is 5.56 Å². The first kappa shape index (κ1) is 15.0. The molecule has 0 atom stereocenters. The van der Waals surface area contributed by atoms with E-state index in [1.165, 1.54) is 5.56 Å². The van der Waals surface area contributed by atoms with Crippen molar-refractivity contribution in [1.82, 2.24) is 0 Å². The number of carbonyl (C=O) groups excluding carboxylic acids is 1. The van der Waals surface area contributed by atoms with Crippen LogP contribution in [0.4, 0.5) is 0 Å². The zero-order chi connectivity index (χ0) is 16.1. The van der Waals surface area contributed by atoms with E-state index in [2.05, 4.69) is 6.07 Å². The highest BCUT2D eigenvalue weighted by Gasteiger charge is 2.07. The molecule has 0 aromatic heterocycles. The fraction of sp³-hybridized carbons (Fsp3) is 0.0952. The smallest absolute Gasteiger partial charge is 0.338 e. The van der Waals surface area contributed by atoms with Crippen molar-refractivity contribution in [2.75, 3.05) is 0 Å². The largest absolute Gasteiger partial charge is 0.457 e. The fourth-order valence-electron chi connectivity index (χ4n) is 2.29. The van der Waals surface area contributed by atoms with E-state index in [1.807, 2.05) is 67.6 Å². The lowest BCUT2D eigenvalue weighted by Crippen LogP contribution is -2.05. The van der Waals surface area contributed by atoms with Gasteiger partial charge >= 0.3 is 5.97 Å². The number of esters is 1. The van der Waals surface area contributed by atoms with Crippen LogP contribution in [0.3, 0.4) is 0 Å². The molecular formula is C21H17O2. The third-order valence-corrected chi connectivity index (χ3v) is 3.66. The highest BCUT2D eigenvalue weighted by molar-refractivity contribution is 5.90. The van der Waals surface area contributed by atoms with Crippen molar-refractivity contribution in [2.45, 2.75) is 13.5 Å². The summed E-state index contributed by atoms with van der Waals surface area (Å²) < 4.78 is 5.36. The van der Waals surface area contributed by atoms with E-state index in [4.69, 9.17) is 4.74 Å². The first-order valence-corrected chi connectivity index (χ1v) is 7.51. The summed E-state index contributed by atoms with van der Waals surface area (Å²) in [6, 6.07) is 26.1. The van der Waals surface area contributed by atoms with Gasteiger partial charge in [-0.3, -0.25) is 0 Å². The summed E-state index contributed by atoms with van der Waals surface area (Å²) in [6.07, 6.45) is 0.